The van der Waals surface area contributed by atoms with E-state index in [9.17, 15) is 8.22 Å². The zero-order valence-corrected chi connectivity index (χ0v) is 36.4. The fourth-order valence-electron chi connectivity index (χ4n) is 10.5. The lowest BCUT2D eigenvalue weighted by Crippen LogP contribution is -2.54. The summed E-state index contributed by atoms with van der Waals surface area (Å²) in [7, 11) is -5.41. The molecule has 10 heteroatoms. The number of imidazole rings is 1. The quantitative estimate of drug-likeness (QED) is 0.164. The van der Waals surface area contributed by atoms with Crippen molar-refractivity contribution in [2.75, 3.05) is 14.4 Å². The number of aromatic nitrogens is 4. The highest BCUT2D eigenvalue weighted by atomic mass is 32.1. The highest BCUT2D eigenvalue weighted by molar-refractivity contribution is 7.26. The summed E-state index contributed by atoms with van der Waals surface area (Å²) < 4.78 is 59.2. The molecule has 8 aromatic carbocycles. The van der Waals surface area contributed by atoms with E-state index in [2.05, 4.69) is 111 Å². The summed E-state index contributed by atoms with van der Waals surface area (Å²) in [4.78, 5) is 23.0. The SMILES string of the molecule is [2H]C([2H])([2H])[Si](c1cccc(N2B3N(c4ncc5c(n4)-c4ccccc4-c4ccccc4-c4ccccc4-5)c4ccccc4N3c3ccccc32)c1)(c1cccc2c1sc1nc3ccccc3n12)C([2H])([2H])[2H]. The van der Waals surface area contributed by atoms with E-state index >= 15 is 0 Å². The second-order valence-corrected chi connectivity index (χ2v) is 20.4. The molecule has 0 saturated carbocycles. The van der Waals surface area contributed by atoms with Gasteiger partial charge in [-0.2, -0.15) is 0 Å². The predicted octanol–water partition coefficient (Wildman–Crippen LogP) is 12.7. The Bertz CT molecular complexity index is 4000. The van der Waals surface area contributed by atoms with Gasteiger partial charge in [-0.05, 0) is 87.6 Å². The van der Waals surface area contributed by atoms with Gasteiger partial charge in [0.1, 0.15) is 8.07 Å². The second kappa shape index (κ2) is 13.6. The van der Waals surface area contributed by atoms with Gasteiger partial charge >= 0.3 is 7.12 Å². The lowest BCUT2D eigenvalue weighted by atomic mass is 9.83. The van der Waals surface area contributed by atoms with E-state index in [1.807, 2.05) is 83.4 Å². The number of para-hydroxylation sites is 6. The number of hydrogen-bond donors (Lipinski definition) is 0. The van der Waals surface area contributed by atoms with Crippen LogP contribution < -0.4 is 24.8 Å². The first-order valence-electron chi connectivity index (χ1n) is 24.6. The average Bonchev–Trinajstić information content (AvgIpc) is 4.12. The lowest BCUT2D eigenvalue weighted by molar-refractivity contribution is 1.11. The molecule has 3 aliphatic rings. The molecule has 7 nitrogen and oxygen atoms in total. The molecular formula is C55H38BN7SSi. The standard InChI is InChI=1S/C55H38BN7SSi/c1-65(2,51-32-16-31-50-53(51)64-55-58-44-25-9-10-26-45(44)60(50)55)36-18-15-17-35(33-36)61-46-27-11-12-28-47(46)62-48-29-13-14-30-49(48)63(56(61)62)54-57-34-43-41-23-6-5-21-39(41)37-19-3-4-20-38(37)40-22-7-8-24-42(40)52(43)59-54/h3-34H,1-2H3/i1D3,2D3. The molecule has 65 heavy (non-hydrogen) atoms. The summed E-state index contributed by atoms with van der Waals surface area (Å²) in [5.74, 6) is 0.467. The number of nitrogens with zero attached hydrogens (tertiary/aromatic N) is 7. The third-order valence-corrected chi connectivity index (χ3v) is 17.0. The van der Waals surface area contributed by atoms with Gasteiger partial charge in [-0.25, -0.2) is 15.0 Å². The van der Waals surface area contributed by atoms with Crippen LogP contribution in [-0.4, -0.2) is 34.5 Å². The molecule has 11 aromatic rings. The normalized spacial score (nSPS) is 15.3. The number of benzene rings is 8. The number of thiazole rings is 1. The number of rotatable bonds is 4. The fourth-order valence-corrected chi connectivity index (χ4v) is 14.0. The topological polar surface area (TPSA) is 52.8 Å². The first kappa shape index (κ1) is 31.1. The van der Waals surface area contributed by atoms with Gasteiger partial charge in [0, 0.05) is 31.2 Å². The van der Waals surface area contributed by atoms with Gasteiger partial charge in [-0.3, -0.25) is 4.40 Å². The number of hydrogen-bond acceptors (Lipinski definition) is 7. The van der Waals surface area contributed by atoms with E-state index < -0.39 is 28.1 Å². The summed E-state index contributed by atoms with van der Waals surface area (Å²) in [5, 5.41) is 0.619. The van der Waals surface area contributed by atoms with Crippen LogP contribution in [0.25, 0.3) is 70.8 Å². The van der Waals surface area contributed by atoms with E-state index in [-0.39, 0.29) is 5.19 Å². The zero-order valence-electron chi connectivity index (χ0n) is 40.6. The van der Waals surface area contributed by atoms with Crippen molar-refractivity contribution < 1.29 is 8.22 Å². The van der Waals surface area contributed by atoms with Crippen molar-refractivity contribution in [1.29, 1.82) is 0 Å². The van der Waals surface area contributed by atoms with Gasteiger partial charge in [-0.15, -0.1) is 0 Å². The molecule has 14 rings (SSSR count). The minimum absolute atomic E-state index is 0.282. The van der Waals surface area contributed by atoms with Crippen molar-refractivity contribution in [2.24, 2.45) is 0 Å². The molecule has 1 aliphatic carbocycles. The van der Waals surface area contributed by atoms with Crippen LogP contribution in [0.15, 0.2) is 194 Å². The Labute approximate surface area is 389 Å². The third-order valence-electron chi connectivity index (χ3n) is 13.3. The van der Waals surface area contributed by atoms with Gasteiger partial charge in [-0.1, -0.05) is 163 Å². The van der Waals surface area contributed by atoms with Crippen molar-refractivity contribution in [2.45, 2.75) is 13.0 Å². The van der Waals surface area contributed by atoms with Crippen LogP contribution >= 0.6 is 11.3 Å². The van der Waals surface area contributed by atoms with Gasteiger partial charge in [0.2, 0.25) is 5.95 Å². The Hall–Kier alpha value is -7.79. The summed E-state index contributed by atoms with van der Waals surface area (Å²) >= 11 is 1.34. The largest absolute Gasteiger partial charge is 0.521 e. The van der Waals surface area contributed by atoms with Crippen LogP contribution in [0.1, 0.15) is 8.22 Å². The van der Waals surface area contributed by atoms with Crippen LogP contribution in [0, 0.1) is 0 Å². The van der Waals surface area contributed by atoms with Crippen LogP contribution in [-0.2, 0) is 0 Å². The smallest absolute Gasteiger partial charge is 0.343 e. The maximum Gasteiger partial charge on any atom is 0.521 e. The Morgan fingerprint density at radius 2 is 1.06 bits per heavy atom. The molecule has 306 valence electrons. The molecule has 3 aromatic heterocycles. The maximum absolute atomic E-state index is 9.43. The predicted molar refractivity (Wildman–Crippen MR) is 274 cm³/mol. The molecule has 0 unspecified atom stereocenters. The van der Waals surface area contributed by atoms with Gasteiger partial charge in [0.15, 0.2) is 4.96 Å². The highest BCUT2D eigenvalue weighted by Gasteiger charge is 2.54. The van der Waals surface area contributed by atoms with Gasteiger partial charge < -0.3 is 14.4 Å². The Morgan fingerprint density at radius 1 is 0.508 bits per heavy atom. The van der Waals surface area contributed by atoms with Crippen molar-refractivity contribution >= 4 is 97.5 Å². The van der Waals surface area contributed by atoms with E-state index in [0.717, 1.165) is 83.9 Å². The molecule has 0 N–H and O–H groups in total. The second-order valence-electron chi connectivity index (χ2n) is 16.8. The molecule has 0 radical (unpaired) electrons. The van der Waals surface area contributed by atoms with E-state index in [1.54, 1.807) is 18.2 Å². The van der Waals surface area contributed by atoms with Crippen LogP contribution in [0.5, 0.6) is 0 Å². The van der Waals surface area contributed by atoms with Crippen molar-refractivity contribution in [1.82, 2.24) is 19.4 Å². The van der Waals surface area contributed by atoms with Crippen molar-refractivity contribution in [3.8, 4) is 44.6 Å². The Kier molecular flexibility index (Phi) is 6.52. The van der Waals surface area contributed by atoms with E-state index in [4.69, 9.17) is 15.0 Å². The fraction of sp³-hybridized carbons (Fsp3) is 0.0364. The summed E-state index contributed by atoms with van der Waals surface area (Å²) in [6, 6.07) is 62.2. The van der Waals surface area contributed by atoms with Gasteiger partial charge in [0.25, 0.3) is 0 Å². The van der Waals surface area contributed by atoms with E-state index in [1.165, 1.54) is 11.3 Å². The molecule has 0 fully saturated rings. The summed E-state index contributed by atoms with van der Waals surface area (Å²) in [6.07, 6.45) is 1.94. The van der Waals surface area contributed by atoms with E-state index in [0.29, 0.717) is 26.5 Å². The molecule has 0 saturated heterocycles. The summed E-state index contributed by atoms with van der Waals surface area (Å²) in [6.45, 7) is -5.82. The maximum atomic E-state index is 9.43. The lowest BCUT2D eigenvalue weighted by Gasteiger charge is -2.32. The van der Waals surface area contributed by atoms with Crippen molar-refractivity contribution in [3.63, 3.8) is 0 Å². The molecule has 2 aliphatic heterocycles. The number of anilines is 6. The monoisotopic (exact) mass is 873 g/mol. The Morgan fingerprint density at radius 3 is 1.75 bits per heavy atom. The molecule has 0 atom stereocenters. The van der Waals surface area contributed by atoms with Crippen LogP contribution in [0.4, 0.5) is 34.4 Å². The van der Waals surface area contributed by atoms with Crippen LogP contribution in [0.2, 0.25) is 13.0 Å². The molecular weight excluding hydrogens is 830 g/mol. The number of fused-ring (bicyclic) bond motifs is 18. The van der Waals surface area contributed by atoms with Crippen molar-refractivity contribution in [3.05, 3.63) is 194 Å². The summed E-state index contributed by atoms with van der Waals surface area (Å²) in [5.41, 5.74) is 14.8. The van der Waals surface area contributed by atoms with Crippen LogP contribution in [0.3, 0.4) is 0 Å². The molecule has 5 heterocycles. The minimum atomic E-state index is -4.79. The third kappa shape index (κ3) is 5.14. The zero-order chi connectivity index (χ0) is 48.0. The average molecular weight is 874 g/mol. The minimum Gasteiger partial charge on any atom is -0.343 e. The first-order valence-corrected chi connectivity index (χ1v) is 24.5. The molecule has 0 amide bonds. The molecule has 0 bridgehead atoms. The molecule has 0 spiro atoms. The van der Waals surface area contributed by atoms with Gasteiger partial charge in [0.05, 0.1) is 49.7 Å². The first-order chi connectivity index (χ1) is 34.5. The Balaban J connectivity index is 0.981. The highest BCUT2D eigenvalue weighted by Crippen LogP contribution is 2.56.